The second-order valence-corrected chi connectivity index (χ2v) is 5.18. The lowest BCUT2D eigenvalue weighted by Crippen LogP contribution is -2.04. The number of hydrogen-bond donors (Lipinski definition) is 1. The number of benzene rings is 1. The first-order valence-corrected chi connectivity index (χ1v) is 7.22. The van der Waals surface area contributed by atoms with Crippen molar-refractivity contribution in [1.29, 1.82) is 0 Å². The minimum absolute atomic E-state index is 0.0285. The Hall–Kier alpha value is -2.15. The minimum atomic E-state index is -0.510. The number of halogens is 1. The molecular formula is C14H14BrN3O3. The van der Waals surface area contributed by atoms with E-state index >= 15 is 0 Å². The zero-order valence-electron chi connectivity index (χ0n) is 11.4. The summed E-state index contributed by atoms with van der Waals surface area (Å²) in [7, 11) is 0. The predicted molar refractivity (Wildman–Crippen MR) is 83.9 cm³/mol. The molecule has 1 aromatic carbocycles. The van der Waals surface area contributed by atoms with Gasteiger partial charge in [0.25, 0.3) is 0 Å². The van der Waals surface area contributed by atoms with Crippen LogP contribution in [0.2, 0.25) is 0 Å². The van der Waals surface area contributed by atoms with E-state index in [4.69, 9.17) is 4.74 Å². The average molecular weight is 352 g/mol. The van der Waals surface area contributed by atoms with Gasteiger partial charge >= 0.3 is 11.6 Å². The van der Waals surface area contributed by atoms with Gasteiger partial charge in [-0.05, 0) is 30.7 Å². The molecule has 0 atom stereocenters. The van der Waals surface area contributed by atoms with Crippen LogP contribution in [-0.2, 0) is 0 Å². The number of anilines is 1. The van der Waals surface area contributed by atoms with Crippen molar-refractivity contribution in [2.45, 2.75) is 13.3 Å². The van der Waals surface area contributed by atoms with Crippen LogP contribution in [0.1, 0.15) is 13.3 Å². The van der Waals surface area contributed by atoms with Crippen LogP contribution in [0.25, 0.3) is 0 Å². The summed E-state index contributed by atoms with van der Waals surface area (Å²) in [5, 5.41) is 14.1. The number of ether oxygens (including phenoxy) is 1. The number of nitro groups is 1. The smallest absolute Gasteiger partial charge is 0.331 e. The Labute approximate surface area is 130 Å². The Morgan fingerprint density at radius 3 is 2.86 bits per heavy atom. The van der Waals surface area contributed by atoms with Gasteiger partial charge in [-0.15, -0.1) is 0 Å². The maximum absolute atomic E-state index is 11.1. The molecule has 21 heavy (non-hydrogen) atoms. The molecule has 0 radical (unpaired) electrons. The van der Waals surface area contributed by atoms with Gasteiger partial charge in [-0.25, -0.2) is 0 Å². The summed E-state index contributed by atoms with van der Waals surface area (Å²) in [6.07, 6.45) is 0.931. The normalized spacial score (nSPS) is 10.2. The van der Waals surface area contributed by atoms with Crippen molar-refractivity contribution in [2.75, 3.05) is 11.9 Å². The average Bonchev–Trinajstić information content (AvgIpc) is 2.45. The molecule has 6 nitrogen and oxygen atoms in total. The number of hydrogen-bond acceptors (Lipinski definition) is 5. The zero-order chi connectivity index (χ0) is 15.2. The maximum atomic E-state index is 11.1. The molecule has 0 unspecified atom stereocenters. The Morgan fingerprint density at radius 2 is 2.19 bits per heavy atom. The summed E-state index contributed by atoms with van der Waals surface area (Å²) < 4.78 is 6.37. The minimum Gasteiger partial charge on any atom is -0.434 e. The highest BCUT2D eigenvalue weighted by Gasteiger charge is 2.18. The van der Waals surface area contributed by atoms with E-state index in [0.29, 0.717) is 11.6 Å². The lowest BCUT2D eigenvalue weighted by atomic mass is 10.3. The van der Waals surface area contributed by atoms with E-state index in [-0.39, 0.29) is 11.6 Å². The monoisotopic (exact) mass is 351 g/mol. The molecule has 110 valence electrons. The summed E-state index contributed by atoms with van der Waals surface area (Å²) in [6, 6.07) is 10.0. The van der Waals surface area contributed by atoms with Crippen molar-refractivity contribution >= 4 is 27.4 Å². The summed E-state index contributed by atoms with van der Waals surface area (Å²) in [5.41, 5.74) is -0.169. The maximum Gasteiger partial charge on any atom is 0.331 e. The Morgan fingerprint density at radius 1 is 1.38 bits per heavy atom. The largest absolute Gasteiger partial charge is 0.434 e. The van der Waals surface area contributed by atoms with Crippen LogP contribution in [0.5, 0.6) is 11.6 Å². The molecule has 1 aromatic heterocycles. The van der Waals surface area contributed by atoms with Crippen LogP contribution < -0.4 is 10.1 Å². The molecule has 0 amide bonds. The second-order valence-electron chi connectivity index (χ2n) is 4.26. The molecular weight excluding hydrogens is 338 g/mol. The quantitative estimate of drug-likeness (QED) is 0.617. The van der Waals surface area contributed by atoms with E-state index in [1.807, 2.05) is 13.0 Å². The lowest BCUT2D eigenvalue weighted by Gasteiger charge is -2.08. The molecule has 1 N–H and O–H groups in total. The number of nitrogens with zero attached hydrogens (tertiary/aromatic N) is 2. The van der Waals surface area contributed by atoms with Gasteiger partial charge in [-0.3, -0.25) is 10.1 Å². The molecule has 0 bridgehead atoms. The first-order valence-electron chi connectivity index (χ1n) is 6.43. The highest BCUT2D eigenvalue weighted by molar-refractivity contribution is 9.10. The molecule has 7 heteroatoms. The number of nitrogens with one attached hydrogen (secondary N) is 1. The highest BCUT2D eigenvalue weighted by atomic mass is 79.9. The Kier molecular flexibility index (Phi) is 5.10. The van der Waals surface area contributed by atoms with Gasteiger partial charge in [0.15, 0.2) is 0 Å². The first-order chi connectivity index (χ1) is 10.1. The molecule has 2 aromatic rings. The van der Waals surface area contributed by atoms with E-state index in [0.717, 1.165) is 17.4 Å². The number of rotatable bonds is 6. The Bertz CT molecular complexity index is 649. The van der Waals surface area contributed by atoms with E-state index in [2.05, 4.69) is 26.2 Å². The topological polar surface area (TPSA) is 77.3 Å². The summed E-state index contributed by atoms with van der Waals surface area (Å²) in [5.74, 6) is 0.999. The van der Waals surface area contributed by atoms with Gasteiger partial charge in [0.2, 0.25) is 0 Å². The molecule has 0 saturated heterocycles. The van der Waals surface area contributed by atoms with Crippen molar-refractivity contribution in [3.8, 4) is 11.6 Å². The number of aromatic nitrogens is 1. The van der Waals surface area contributed by atoms with E-state index in [1.165, 1.54) is 6.07 Å². The predicted octanol–water partition coefficient (Wildman–Crippen LogP) is 4.37. The third-order valence-corrected chi connectivity index (χ3v) is 3.10. The highest BCUT2D eigenvalue weighted by Crippen LogP contribution is 2.31. The lowest BCUT2D eigenvalue weighted by molar-refractivity contribution is -0.386. The Balaban J connectivity index is 2.31. The third-order valence-electron chi connectivity index (χ3n) is 2.60. The van der Waals surface area contributed by atoms with Crippen molar-refractivity contribution in [3.05, 3.63) is 51.0 Å². The molecule has 0 aliphatic rings. The standard InChI is InChI=1S/C14H14BrN3O3/c1-2-8-16-13-7-6-12(18(19)20)14(17-13)21-11-5-3-4-10(15)9-11/h3-7,9H,2,8H2,1H3,(H,16,17). The fraction of sp³-hybridized carbons (Fsp3) is 0.214. The zero-order valence-corrected chi connectivity index (χ0v) is 13.0. The van der Waals surface area contributed by atoms with Gasteiger partial charge in [-0.1, -0.05) is 28.9 Å². The van der Waals surface area contributed by atoms with E-state index in [9.17, 15) is 10.1 Å². The molecule has 0 spiro atoms. The molecule has 1 heterocycles. The van der Waals surface area contributed by atoms with Crippen LogP contribution in [0.15, 0.2) is 40.9 Å². The fourth-order valence-electron chi connectivity index (χ4n) is 1.64. The van der Waals surface area contributed by atoms with Gasteiger partial charge in [0.05, 0.1) is 4.92 Å². The fourth-order valence-corrected chi connectivity index (χ4v) is 2.02. The molecule has 0 saturated carbocycles. The van der Waals surface area contributed by atoms with Gasteiger partial charge in [-0.2, -0.15) is 4.98 Å². The van der Waals surface area contributed by atoms with Crippen molar-refractivity contribution in [1.82, 2.24) is 4.98 Å². The van der Waals surface area contributed by atoms with Crippen LogP contribution in [0.4, 0.5) is 11.5 Å². The first kappa shape index (κ1) is 15.2. The van der Waals surface area contributed by atoms with Gasteiger partial charge in [0, 0.05) is 17.1 Å². The van der Waals surface area contributed by atoms with Crippen molar-refractivity contribution in [3.63, 3.8) is 0 Å². The molecule has 0 fully saturated rings. The van der Waals surface area contributed by atoms with Crippen LogP contribution >= 0.6 is 15.9 Å². The second kappa shape index (κ2) is 7.03. The van der Waals surface area contributed by atoms with Gasteiger partial charge in [0.1, 0.15) is 11.6 Å². The summed E-state index contributed by atoms with van der Waals surface area (Å²) in [4.78, 5) is 14.7. The summed E-state index contributed by atoms with van der Waals surface area (Å²) >= 11 is 3.32. The number of pyridine rings is 1. The van der Waals surface area contributed by atoms with E-state index < -0.39 is 4.92 Å². The molecule has 2 rings (SSSR count). The van der Waals surface area contributed by atoms with Crippen LogP contribution in [0.3, 0.4) is 0 Å². The molecule has 0 aliphatic heterocycles. The van der Waals surface area contributed by atoms with Crippen molar-refractivity contribution < 1.29 is 9.66 Å². The SMILES string of the molecule is CCCNc1ccc([N+](=O)[O-])c(Oc2cccc(Br)c2)n1. The van der Waals surface area contributed by atoms with Crippen LogP contribution in [0, 0.1) is 10.1 Å². The summed E-state index contributed by atoms with van der Waals surface area (Å²) in [6.45, 7) is 2.76. The van der Waals surface area contributed by atoms with Gasteiger partial charge < -0.3 is 10.1 Å². The molecule has 0 aliphatic carbocycles. The van der Waals surface area contributed by atoms with E-state index in [1.54, 1.807) is 24.3 Å². The van der Waals surface area contributed by atoms with Crippen molar-refractivity contribution in [2.24, 2.45) is 0 Å². The third kappa shape index (κ3) is 4.16. The van der Waals surface area contributed by atoms with Crippen LogP contribution in [-0.4, -0.2) is 16.5 Å².